The Balaban J connectivity index is 1.38. The summed E-state index contributed by atoms with van der Waals surface area (Å²) in [7, 11) is 0. The van der Waals surface area contributed by atoms with Crippen LogP contribution in [-0.4, -0.2) is 57.1 Å². The van der Waals surface area contributed by atoms with Crippen molar-refractivity contribution in [3.8, 4) is 5.75 Å². The summed E-state index contributed by atoms with van der Waals surface area (Å²) in [5.74, 6) is 1.11. The van der Waals surface area contributed by atoms with Gasteiger partial charge in [-0.3, -0.25) is 9.88 Å². The van der Waals surface area contributed by atoms with Crippen LogP contribution in [0.1, 0.15) is 11.4 Å². The molecule has 2 aromatic heterocycles. The first-order valence-corrected chi connectivity index (χ1v) is 9.31. The summed E-state index contributed by atoms with van der Waals surface area (Å²) in [6.45, 7) is 7.00. The summed E-state index contributed by atoms with van der Waals surface area (Å²) in [6, 6.07) is 7.72. The highest BCUT2D eigenvalue weighted by atomic mass is 32.1. The van der Waals surface area contributed by atoms with Gasteiger partial charge in [0, 0.05) is 55.8 Å². The topological polar surface area (TPSA) is 65.4 Å². The molecule has 1 aromatic carbocycles. The number of fused-ring (bicyclic) bond motifs is 1. The highest BCUT2D eigenvalue weighted by Crippen LogP contribution is 2.26. The van der Waals surface area contributed by atoms with Gasteiger partial charge in [-0.1, -0.05) is 12.1 Å². The third-order valence-electron chi connectivity index (χ3n) is 4.70. The van der Waals surface area contributed by atoms with Crippen LogP contribution in [-0.2, 0) is 6.42 Å². The molecule has 1 aliphatic rings. The first-order chi connectivity index (χ1) is 12.2. The number of anilines is 1. The molecule has 1 aliphatic heterocycles. The van der Waals surface area contributed by atoms with E-state index < -0.39 is 0 Å². The lowest BCUT2D eigenvalue weighted by Gasteiger charge is -2.34. The van der Waals surface area contributed by atoms with Crippen LogP contribution in [0, 0.1) is 6.92 Å². The van der Waals surface area contributed by atoms with Gasteiger partial charge < -0.3 is 10.0 Å². The quantitative estimate of drug-likeness (QED) is 0.776. The van der Waals surface area contributed by atoms with E-state index in [1.165, 1.54) is 17.1 Å². The third-order valence-corrected chi connectivity index (χ3v) is 5.56. The number of rotatable bonds is 4. The largest absolute Gasteiger partial charge is 0.506 e. The smallest absolute Gasteiger partial charge is 0.205 e. The van der Waals surface area contributed by atoms with Crippen LogP contribution in [0.25, 0.3) is 10.9 Å². The van der Waals surface area contributed by atoms with E-state index in [0.717, 1.165) is 55.5 Å². The molecular formula is C18H21N5OS. The molecular weight excluding hydrogens is 334 g/mol. The fourth-order valence-corrected chi connectivity index (χ4v) is 4.02. The standard InChI is InChI=1S/C18H21N5OS/c1-13-20-18(25-21-13)23-11-9-22(10-12-23)8-6-14-4-5-16(24)17-15(14)3-2-7-19-17/h2-5,7,24H,6,8-12H2,1H3. The van der Waals surface area contributed by atoms with Crippen molar-refractivity contribution in [1.29, 1.82) is 0 Å². The third kappa shape index (κ3) is 3.43. The van der Waals surface area contributed by atoms with E-state index in [0.29, 0.717) is 5.52 Å². The summed E-state index contributed by atoms with van der Waals surface area (Å²) in [6.07, 6.45) is 2.68. The maximum atomic E-state index is 9.96. The second-order valence-corrected chi connectivity index (χ2v) is 7.08. The van der Waals surface area contributed by atoms with Gasteiger partial charge in [-0.2, -0.15) is 4.37 Å². The van der Waals surface area contributed by atoms with Gasteiger partial charge in [0.05, 0.1) is 0 Å². The van der Waals surface area contributed by atoms with Crippen molar-refractivity contribution in [3.63, 3.8) is 0 Å². The first kappa shape index (κ1) is 16.2. The van der Waals surface area contributed by atoms with Crippen molar-refractivity contribution in [2.45, 2.75) is 13.3 Å². The Morgan fingerprint density at radius 2 is 2.00 bits per heavy atom. The van der Waals surface area contributed by atoms with Crippen LogP contribution in [0.15, 0.2) is 30.5 Å². The van der Waals surface area contributed by atoms with Crippen molar-refractivity contribution in [1.82, 2.24) is 19.2 Å². The molecule has 3 heterocycles. The van der Waals surface area contributed by atoms with Gasteiger partial charge in [0.25, 0.3) is 0 Å². The fraction of sp³-hybridized carbons (Fsp3) is 0.389. The number of aromatic hydroxyl groups is 1. The van der Waals surface area contributed by atoms with E-state index in [2.05, 4.69) is 24.1 Å². The van der Waals surface area contributed by atoms with E-state index in [1.54, 1.807) is 12.3 Å². The highest BCUT2D eigenvalue weighted by Gasteiger charge is 2.19. The Bertz CT molecular complexity index is 873. The zero-order valence-electron chi connectivity index (χ0n) is 14.2. The number of phenolic OH excluding ortho intramolecular Hbond substituents is 1. The second kappa shape index (κ2) is 6.93. The summed E-state index contributed by atoms with van der Waals surface area (Å²) >= 11 is 1.49. The number of piperazine rings is 1. The number of aryl methyl sites for hydroxylation is 1. The van der Waals surface area contributed by atoms with Gasteiger partial charge in [-0.15, -0.1) is 0 Å². The summed E-state index contributed by atoms with van der Waals surface area (Å²) in [4.78, 5) is 13.6. The first-order valence-electron chi connectivity index (χ1n) is 8.54. The van der Waals surface area contributed by atoms with Crippen LogP contribution in [0.2, 0.25) is 0 Å². The molecule has 25 heavy (non-hydrogen) atoms. The average Bonchev–Trinajstić information content (AvgIpc) is 3.08. The van der Waals surface area contributed by atoms with Crippen LogP contribution < -0.4 is 4.90 Å². The van der Waals surface area contributed by atoms with Crippen LogP contribution in [0.3, 0.4) is 0 Å². The summed E-state index contributed by atoms with van der Waals surface area (Å²) in [5, 5.41) is 12.0. The fourth-order valence-electron chi connectivity index (χ4n) is 3.29. The Morgan fingerprint density at radius 1 is 1.16 bits per heavy atom. The molecule has 0 radical (unpaired) electrons. The molecule has 4 rings (SSSR count). The lowest BCUT2D eigenvalue weighted by Crippen LogP contribution is -2.47. The van der Waals surface area contributed by atoms with Crippen molar-refractivity contribution >= 4 is 27.6 Å². The molecule has 0 unspecified atom stereocenters. The molecule has 1 saturated heterocycles. The predicted molar refractivity (Wildman–Crippen MR) is 100 cm³/mol. The Labute approximate surface area is 150 Å². The number of aromatic nitrogens is 3. The number of hydrogen-bond donors (Lipinski definition) is 1. The number of benzene rings is 1. The monoisotopic (exact) mass is 355 g/mol. The minimum atomic E-state index is 0.250. The van der Waals surface area contributed by atoms with Gasteiger partial charge in [-0.05, 0) is 31.0 Å². The van der Waals surface area contributed by atoms with Crippen molar-refractivity contribution in [3.05, 3.63) is 41.9 Å². The van der Waals surface area contributed by atoms with Crippen LogP contribution >= 0.6 is 11.5 Å². The average molecular weight is 355 g/mol. The molecule has 0 spiro atoms. The van der Waals surface area contributed by atoms with Crippen LogP contribution in [0.4, 0.5) is 5.13 Å². The van der Waals surface area contributed by atoms with Crippen LogP contribution in [0.5, 0.6) is 5.75 Å². The van der Waals surface area contributed by atoms with Gasteiger partial charge in [0.2, 0.25) is 5.13 Å². The van der Waals surface area contributed by atoms with E-state index in [-0.39, 0.29) is 5.75 Å². The van der Waals surface area contributed by atoms with E-state index in [4.69, 9.17) is 0 Å². The van der Waals surface area contributed by atoms with Crippen molar-refractivity contribution < 1.29 is 5.11 Å². The highest BCUT2D eigenvalue weighted by molar-refractivity contribution is 7.09. The number of pyridine rings is 1. The van der Waals surface area contributed by atoms with Gasteiger partial charge in [-0.25, -0.2) is 4.98 Å². The minimum Gasteiger partial charge on any atom is -0.506 e. The number of hydrogen-bond acceptors (Lipinski definition) is 7. The zero-order valence-corrected chi connectivity index (χ0v) is 15.0. The van der Waals surface area contributed by atoms with E-state index >= 15 is 0 Å². The molecule has 0 atom stereocenters. The molecule has 130 valence electrons. The summed E-state index contributed by atoms with van der Waals surface area (Å²) < 4.78 is 4.27. The van der Waals surface area contributed by atoms with Gasteiger partial charge in [0.1, 0.15) is 17.1 Å². The zero-order chi connectivity index (χ0) is 17.2. The molecule has 6 nitrogen and oxygen atoms in total. The molecule has 0 amide bonds. The second-order valence-electron chi connectivity index (χ2n) is 6.35. The van der Waals surface area contributed by atoms with Crippen molar-refractivity contribution in [2.24, 2.45) is 0 Å². The lowest BCUT2D eigenvalue weighted by molar-refractivity contribution is 0.261. The predicted octanol–water partition coefficient (Wildman–Crippen LogP) is 2.47. The van der Waals surface area contributed by atoms with Gasteiger partial charge >= 0.3 is 0 Å². The van der Waals surface area contributed by atoms with Gasteiger partial charge in [0.15, 0.2) is 0 Å². The maximum Gasteiger partial charge on any atom is 0.205 e. The number of nitrogens with zero attached hydrogens (tertiary/aromatic N) is 5. The van der Waals surface area contributed by atoms with Crippen molar-refractivity contribution in [2.75, 3.05) is 37.6 Å². The SMILES string of the molecule is Cc1nsc(N2CCN(CCc3ccc(O)c4ncccc34)CC2)n1. The minimum absolute atomic E-state index is 0.250. The molecule has 1 N–H and O–H groups in total. The molecule has 3 aromatic rings. The lowest BCUT2D eigenvalue weighted by atomic mass is 10.0. The maximum absolute atomic E-state index is 9.96. The molecule has 1 fully saturated rings. The Kier molecular flexibility index (Phi) is 4.50. The molecule has 0 bridgehead atoms. The van der Waals surface area contributed by atoms with E-state index in [9.17, 15) is 5.11 Å². The molecule has 7 heteroatoms. The normalized spacial score (nSPS) is 15.8. The van der Waals surface area contributed by atoms with E-state index in [1.807, 2.05) is 25.1 Å². The Hall–Kier alpha value is -2.25. The Morgan fingerprint density at radius 3 is 2.76 bits per heavy atom. The molecule has 0 aliphatic carbocycles. The summed E-state index contributed by atoms with van der Waals surface area (Å²) in [5.41, 5.74) is 1.93. The number of phenols is 1. The molecule has 0 saturated carbocycles.